The maximum Gasteiger partial charge on any atom is 0.271 e. The molecule has 0 spiro atoms. The molecule has 51 heavy (non-hydrogen) atoms. The van der Waals surface area contributed by atoms with Gasteiger partial charge in [0.15, 0.2) is 23.1 Å². The van der Waals surface area contributed by atoms with Crippen LogP contribution in [0.15, 0.2) is 128 Å². The zero-order valence-corrected chi connectivity index (χ0v) is 28.0. The van der Waals surface area contributed by atoms with Gasteiger partial charge in [-0.1, -0.05) is 91.0 Å². The van der Waals surface area contributed by atoms with Crippen molar-refractivity contribution in [2.45, 2.75) is 43.3 Å². The van der Waals surface area contributed by atoms with Crippen molar-refractivity contribution in [3.8, 4) is 11.5 Å². The highest BCUT2D eigenvalue weighted by molar-refractivity contribution is 5.92. The highest BCUT2D eigenvalue weighted by atomic mass is 19.1. The molecule has 254 valence electrons. The van der Waals surface area contributed by atoms with E-state index in [1.807, 2.05) is 78.5 Å². The number of aromatic nitrogens is 7. The molecule has 1 aliphatic rings. The molecule has 0 bridgehead atoms. The van der Waals surface area contributed by atoms with Gasteiger partial charge in [-0.3, -0.25) is 4.79 Å². The van der Waals surface area contributed by atoms with Crippen molar-refractivity contribution in [1.82, 2.24) is 39.6 Å². The Kier molecular flexibility index (Phi) is 8.52. The van der Waals surface area contributed by atoms with Crippen molar-refractivity contribution in [2.75, 3.05) is 5.32 Å². The zero-order chi connectivity index (χ0) is 34.8. The molecule has 4 heterocycles. The molecule has 2 N–H and O–H groups in total. The molecular formula is C40H36FN9O. The van der Waals surface area contributed by atoms with Gasteiger partial charge in [0.1, 0.15) is 16.9 Å². The first-order chi connectivity index (χ1) is 25.0. The molecule has 11 heteroatoms. The van der Waals surface area contributed by atoms with Gasteiger partial charge in [0.05, 0.1) is 17.9 Å². The average molecular weight is 678 g/mol. The fraction of sp³-hybridized carbons (Fsp3) is 0.200. The van der Waals surface area contributed by atoms with E-state index in [4.69, 9.17) is 15.1 Å². The summed E-state index contributed by atoms with van der Waals surface area (Å²) in [5.41, 5.74) is 3.54. The Balaban J connectivity index is 1.19. The number of halogens is 1. The monoisotopic (exact) mass is 677 g/mol. The summed E-state index contributed by atoms with van der Waals surface area (Å²) in [6.07, 6.45) is 9.35. The number of anilines is 1. The lowest BCUT2D eigenvalue weighted by molar-refractivity contribution is 0.0921. The fourth-order valence-electron chi connectivity index (χ4n) is 7.27. The van der Waals surface area contributed by atoms with Crippen LogP contribution in [0.4, 0.5) is 10.2 Å². The number of rotatable bonds is 9. The molecule has 3 aromatic carbocycles. The van der Waals surface area contributed by atoms with Gasteiger partial charge in [-0.15, -0.1) is 0 Å². The summed E-state index contributed by atoms with van der Waals surface area (Å²) in [5.74, 6) is -0.416. The summed E-state index contributed by atoms with van der Waals surface area (Å²) >= 11 is 0. The van der Waals surface area contributed by atoms with Crippen molar-refractivity contribution >= 4 is 22.8 Å². The number of nitrogens with zero attached hydrogens (tertiary/aromatic N) is 7. The van der Waals surface area contributed by atoms with E-state index in [1.165, 1.54) is 6.20 Å². The molecule has 2 atom stereocenters. The van der Waals surface area contributed by atoms with Crippen LogP contribution in [0.3, 0.4) is 0 Å². The number of fused-ring (bicyclic) bond motifs is 1. The average Bonchev–Trinajstić information content (AvgIpc) is 3.79. The molecule has 7 aromatic rings. The minimum absolute atomic E-state index is 0.0806. The van der Waals surface area contributed by atoms with Crippen molar-refractivity contribution in [3.63, 3.8) is 0 Å². The lowest BCUT2D eigenvalue weighted by Gasteiger charge is -2.36. The quantitative estimate of drug-likeness (QED) is 0.162. The molecule has 0 aliphatic heterocycles. The van der Waals surface area contributed by atoms with Crippen molar-refractivity contribution in [3.05, 3.63) is 156 Å². The second kappa shape index (κ2) is 13.6. The summed E-state index contributed by atoms with van der Waals surface area (Å²) in [5, 5.41) is 12.4. The first-order valence-electron chi connectivity index (χ1n) is 17.1. The fourth-order valence-corrected chi connectivity index (χ4v) is 7.27. The number of aryl methyl sites for hydroxylation is 1. The third-order valence-corrected chi connectivity index (χ3v) is 9.58. The van der Waals surface area contributed by atoms with Gasteiger partial charge < -0.3 is 15.2 Å². The van der Waals surface area contributed by atoms with Crippen LogP contribution in [0.25, 0.3) is 22.6 Å². The van der Waals surface area contributed by atoms with E-state index in [2.05, 4.69) is 57.0 Å². The molecule has 4 aromatic heterocycles. The van der Waals surface area contributed by atoms with Crippen LogP contribution >= 0.6 is 0 Å². The van der Waals surface area contributed by atoms with E-state index in [0.717, 1.165) is 41.3 Å². The summed E-state index contributed by atoms with van der Waals surface area (Å²) in [6, 6.07) is 34.4. The molecule has 1 fully saturated rings. The maximum absolute atomic E-state index is 15.4. The number of hydrogen-bond acceptors (Lipinski definition) is 7. The second-order valence-electron chi connectivity index (χ2n) is 12.9. The highest BCUT2D eigenvalue weighted by Crippen LogP contribution is 2.43. The SMILES string of the molecule is Cn1cnc(C(=O)N[C@@H]2CCC[C@H](Nc3nc(-c4nn(C(c5ccccc5)(c5ccccc5)c5ccccc5)c5ncccc45)ncc3F)C2)c1. The number of carbonyl (C=O) groups excluding carboxylic acids is 1. The molecule has 1 amide bonds. The molecule has 0 radical (unpaired) electrons. The first kappa shape index (κ1) is 32.0. The minimum atomic E-state index is -0.924. The number of carbonyl (C=O) groups is 1. The van der Waals surface area contributed by atoms with Gasteiger partial charge in [0, 0.05) is 31.5 Å². The Labute approximate surface area is 294 Å². The topological polar surface area (TPSA) is 115 Å². The van der Waals surface area contributed by atoms with Gasteiger partial charge in [-0.25, -0.2) is 29.0 Å². The van der Waals surface area contributed by atoms with Crippen LogP contribution < -0.4 is 10.6 Å². The lowest BCUT2D eigenvalue weighted by atomic mass is 9.77. The smallest absolute Gasteiger partial charge is 0.271 e. The van der Waals surface area contributed by atoms with Crippen LogP contribution in [-0.2, 0) is 12.6 Å². The van der Waals surface area contributed by atoms with E-state index in [9.17, 15) is 4.79 Å². The standard InChI is InChI=1S/C40H36FN9O/c1-49-25-34(44-26-49)39(51)46-31-20-11-19-30(23-31)45-36-33(41)24-43-37(47-36)35-32-21-12-22-42-38(32)50(48-35)40(27-13-5-2-6-14-27,28-15-7-3-8-16-28)29-17-9-4-10-18-29/h2-10,12-18,21-22,24-26,30-31H,11,19-20,23H2,1H3,(H,46,51)(H,43,45,47)/t30-,31+/m0/s1. The van der Waals surface area contributed by atoms with E-state index >= 15 is 4.39 Å². The summed E-state index contributed by atoms with van der Waals surface area (Å²) in [4.78, 5) is 31.0. The van der Waals surface area contributed by atoms with E-state index in [0.29, 0.717) is 23.5 Å². The third-order valence-electron chi connectivity index (χ3n) is 9.58. The first-order valence-corrected chi connectivity index (χ1v) is 17.1. The number of amides is 1. The van der Waals surface area contributed by atoms with Crippen LogP contribution in [0.5, 0.6) is 0 Å². The van der Waals surface area contributed by atoms with E-state index in [1.54, 1.807) is 23.3 Å². The van der Waals surface area contributed by atoms with E-state index in [-0.39, 0.29) is 29.6 Å². The Morgan fingerprint density at radius 2 is 1.47 bits per heavy atom. The number of nitrogens with one attached hydrogen (secondary N) is 2. The van der Waals surface area contributed by atoms with Gasteiger partial charge in [-0.2, -0.15) is 5.10 Å². The number of imidazole rings is 1. The normalized spacial score (nSPS) is 16.2. The number of hydrogen-bond donors (Lipinski definition) is 2. The van der Waals surface area contributed by atoms with Gasteiger partial charge in [0.25, 0.3) is 5.91 Å². The largest absolute Gasteiger partial charge is 0.365 e. The Morgan fingerprint density at radius 3 is 2.10 bits per heavy atom. The number of pyridine rings is 1. The predicted octanol–water partition coefficient (Wildman–Crippen LogP) is 6.75. The van der Waals surface area contributed by atoms with Crippen molar-refractivity contribution < 1.29 is 9.18 Å². The van der Waals surface area contributed by atoms with Crippen LogP contribution in [0, 0.1) is 5.82 Å². The molecule has 0 unspecified atom stereocenters. The summed E-state index contributed by atoms with van der Waals surface area (Å²) in [6.45, 7) is 0. The minimum Gasteiger partial charge on any atom is -0.365 e. The molecule has 8 rings (SSSR count). The van der Waals surface area contributed by atoms with Crippen molar-refractivity contribution in [1.29, 1.82) is 0 Å². The van der Waals surface area contributed by atoms with Gasteiger partial charge in [-0.05, 0) is 54.5 Å². The van der Waals surface area contributed by atoms with Crippen molar-refractivity contribution in [2.24, 2.45) is 7.05 Å². The summed E-state index contributed by atoms with van der Waals surface area (Å²) < 4.78 is 19.1. The Morgan fingerprint density at radius 1 is 0.824 bits per heavy atom. The predicted molar refractivity (Wildman–Crippen MR) is 193 cm³/mol. The molecular weight excluding hydrogens is 642 g/mol. The molecule has 0 saturated heterocycles. The highest BCUT2D eigenvalue weighted by Gasteiger charge is 2.41. The lowest BCUT2D eigenvalue weighted by Crippen LogP contribution is -2.42. The second-order valence-corrected chi connectivity index (χ2v) is 12.9. The summed E-state index contributed by atoms with van der Waals surface area (Å²) in [7, 11) is 1.82. The van der Waals surface area contributed by atoms with Gasteiger partial charge in [0.2, 0.25) is 0 Å². The molecule has 10 nitrogen and oxygen atoms in total. The van der Waals surface area contributed by atoms with E-state index < -0.39 is 11.4 Å². The van der Waals surface area contributed by atoms with Crippen LogP contribution in [0.1, 0.15) is 52.9 Å². The van der Waals surface area contributed by atoms with Crippen LogP contribution in [-0.4, -0.2) is 52.3 Å². The third kappa shape index (κ3) is 6.01. The zero-order valence-electron chi connectivity index (χ0n) is 28.0. The molecule has 1 saturated carbocycles. The van der Waals surface area contributed by atoms with Gasteiger partial charge >= 0.3 is 0 Å². The Hall–Kier alpha value is -6.23. The van der Waals surface area contributed by atoms with Crippen LogP contribution in [0.2, 0.25) is 0 Å². The maximum atomic E-state index is 15.4. The molecule has 1 aliphatic carbocycles. The Bertz CT molecular complexity index is 2190. The number of benzene rings is 3.